The molecule has 2 aromatic heterocycles. The summed E-state index contributed by atoms with van der Waals surface area (Å²) in [6, 6.07) is 21.4. The predicted octanol–water partition coefficient (Wildman–Crippen LogP) is 13.6. The van der Waals surface area contributed by atoms with Gasteiger partial charge < -0.3 is 24.7 Å². The number of aliphatic hydroxyl groups excluding tert-OH is 2. The van der Waals surface area contributed by atoms with Crippen molar-refractivity contribution in [2.75, 3.05) is 26.2 Å². The monoisotopic (exact) mass is 1780 g/mol. The van der Waals surface area contributed by atoms with E-state index in [1.165, 1.54) is 39.1 Å². The van der Waals surface area contributed by atoms with Crippen LogP contribution in [0.2, 0.25) is 10.0 Å². The van der Waals surface area contributed by atoms with Gasteiger partial charge in [0.2, 0.25) is 11.8 Å². The van der Waals surface area contributed by atoms with Crippen molar-refractivity contribution in [2.45, 2.75) is 127 Å². The van der Waals surface area contributed by atoms with E-state index in [1.54, 1.807) is 24.3 Å². The maximum Gasteiger partial charge on any atom is 0.338 e. The fourth-order valence-electron chi connectivity index (χ4n) is 13.3. The summed E-state index contributed by atoms with van der Waals surface area (Å²) < 4.78 is 9.67. The molecule has 4 heterocycles. The van der Waals surface area contributed by atoms with Crippen molar-refractivity contribution >= 4 is 105 Å². The summed E-state index contributed by atoms with van der Waals surface area (Å²) in [5.74, 6) is 0.923. The first-order valence-corrected chi connectivity index (χ1v) is 31.0. The van der Waals surface area contributed by atoms with Gasteiger partial charge in [0.05, 0.1) is 29.2 Å². The number of aryl methyl sites for hydroxylation is 4. The molecule has 18 heteroatoms. The Morgan fingerprint density at radius 3 is 1.46 bits per heavy atom. The number of rotatable bonds is 6. The third-order valence-electron chi connectivity index (χ3n) is 17.4. The SMILES string of the molecule is CC1CCC(C(=O)N2CCC([C@H]3c4ncc(Br)cc4CCc4cc(Cl)cc(Br)c43)CC2)CC1O.O=C(OC1CCC(C(=O)N2CCC([C@H]3c4ncc(Br)cc4CCc4cc(Cl)cc(Br)c43)CC2)CC1O)c1ccccc1.[Ac].[Ac]. The van der Waals surface area contributed by atoms with Crippen LogP contribution in [0.4, 0.5) is 0 Å². The number of ether oxygens (including phenoxy) is 1. The number of hydrogen-bond donors (Lipinski definition) is 2. The predicted molar refractivity (Wildman–Crippen MR) is 311 cm³/mol. The number of aromatic nitrogens is 2. The van der Waals surface area contributed by atoms with Crippen LogP contribution in [0, 0.1) is 118 Å². The first-order valence-electron chi connectivity index (χ1n) is 27.0. The summed E-state index contributed by atoms with van der Waals surface area (Å²) in [6.45, 7) is 4.97. The van der Waals surface area contributed by atoms with Crippen molar-refractivity contribution in [1.29, 1.82) is 0 Å². The topological polar surface area (TPSA) is 133 Å². The van der Waals surface area contributed by atoms with Gasteiger partial charge in [0.1, 0.15) is 6.10 Å². The van der Waals surface area contributed by atoms with Crippen LogP contribution in [0.5, 0.6) is 0 Å². The first kappa shape index (κ1) is 63.7. The standard InChI is InChI=1S/C33H33Br2ClN2O4.C27H31Br2ClN2O2.2Ac/c34-24-14-22-7-6-21-15-25(36)17-26(35)29(21)30(31(22)37-18-24)19-10-12-38(13-11-19)32(40)23-8-9-28(27(39)16-23)42-33(41)20-4-2-1-3-5-20;1-15-2-3-19(12-23(15)33)27(34)32-8-6-16(7-9-32)25-24-17(11-21(30)13-22(24)29)4-5-18-10-20(28)14-31-26(18)25;;/h1-5,14-15,17-19,23,27-28,30,39H,6-13,16H2;10-11,13-16,19,23,25,33H,2-9,12H2,1H3;;/t23?,27?,28?,30-;15?,19?,23?,25-;;/m11../s1. The third kappa shape index (κ3) is 14.7. The second-order valence-electron chi connectivity index (χ2n) is 22.0. The maximum atomic E-state index is 13.6. The van der Waals surface area contributed by atoms with Crippen molar-refractivity contribution in [3.05, 3.63) is 157 Å². The number of esters is 1. The van der Waals surface area contributed by atoms with Crippen molar-refractivity contribution < 1.29 is 117 Å². The van der Waals surface area contributed by atoms with Crippen LogP contribution in [0.25, 0.3) is 0 Å². The summed E-state index contributed by atoms with van der Waals surface area (Å²) in [5, 5.41) is 22.6. The summed E-state index contributed by atoms with van der Waals surface area (Å²) in [5.41, 5.74) is 10.4. The average molecular weight is 1780 g/mol. The molecule has 8 atom stereocenters. The smallest absolute Gasteiger partial charge is 0.338 e. The first-order chi connectivity index (χ1) is 36.6. The van der Waals surface area contributed by atoms with Crippen molar-refractivity contribution in [3.63, 3.8) is 0 Å². The number of pyridine rings is 2. The molecular weight excluding hydrogens is 1720 g/mol. The molecule has 2 N–H and O–H groups in total. The van der Waals surface area contributed by atoms with Crippen LogP contribution in [-0.2, 0) is 40.0 Å². The zero-order valence-electron chi connectivity index (χ0n) is 43.7. The van der Waals surface area contributed by atoms with E-state index in [2.05, 4.69) is 94.9 Å². The number of aliphatic hydroxyl groups is 2. The van der Waals surface area contributed by atoms with E-state index in [-0.39, 0.29) is 130 Å². The van der Waals surface area contributed by atoms with Crippen molar-refractivity contribution in [2.24, 2.45) is 29.6 Å². The second kappa shape index (κ2) is 28.7. The molecule has 2 saturated heterocycles. The molecule has 0 bridgehead atoms. The number of likely N-dealkylation sites (tertiary alicyclic amines) is 2. The number of halogens is 6. The van der Waals surface area contributed by atoms with Crippen LogP contribution >= 0.6 is 86.9 Å². The van der Waals surface area contributed by atoms with Crippen LogP contribution in [0.15, 0.2) is 97.0 Å². The number of benzene rings is 3. The Hall–Kier alpha value is -0.327. The van der Waals surface area contributed by atoms with Gasteiger partial charge in [-0.25, -0.2) is 4.79 Å². The van der Waals surface area contributed by atoms with Crippen LogP contribution < -0.4 is 0 Å². The Balaban J connectivity index is 0.000000205. The third-order valence-corrected chi connectivity index (χ3v) is 20.0. The molecule has 4 aliphatic carbocycles. The Labute approximate surface area is 574 Å². The number of piperidine rings is 2. The van der Waals surface area contributed by atoms with Gasteiger partial charge in [-0.3, -0.25) is 19.6 Å². The molecule has 5 aromatic rings. The van der Waals surface area contributed by atoms with Crippen molar-refractivity contribution in [3.8, 4) is 0 Å². The van der Waals surface area contributed by atoms with E-state index in [1.807, 2.05) is 40.4 Å². The summed E-state index contributed by atoms with van der Waals surface area (Å²) in [4.78, 5) is 53.2. The van der Waals surface area contributed by atoms with Gasteiger partial charge in [0.25, 0.3) is 0 Å². The Morgan fingerprint density at radius 2 is 1.01 bits per heavy atom. The average Bonchev–Trinajstić information content (AvgIpc) is 3.74. The Kier molecular flexibility index (Phi) is 23.4. The van der Waals surface area contributed by atoms with Gasteiger partial charge in [-0.05, 0) is 221 Å². The Bertz CT molecular complexity index is 2970. The molecule has 2 amide bonds. The van der Waals surface area contributed by atoms with E-state index in [0.717, 1.165) is 111 Å². The summed E-state index contributed by atoms with van der Waals surface area (Å²) >= 11 is 27.8. The van der Waals surface area contributed by atoms with Gasteiger partial charge in [-0.2, -0.15) is 0 Å². The fourth-order valence-corrected chi connectivity index (χ4v) is 16.3. The normalized spacial score (nSPS) is 25.1. The van der Waals surface area contributed by atoms with E-state index in [4.69, 9.17) is 37.9 Å². The van der Waals surface area contributed by atoms with Gasteiger partial charge >= 0.3 is 5.97 Å². The van der Waals surface area contributed by atoms with Crippen LogP contribution in [0.1, 0.15) is 138 Å². The molecule has 2 aliphatic heterocycles. The number of carbonyl (C=O) groups is 3. The van der Waals surface area contributed by atoms with Gasteiger partial charge in [0, 0.05) is 178 Å². The molecule has 4 fully saturated rings. The van der Waals surface area contributed by atoms with Gasteiger partial charge in [-0.1, -0.05) is 80.2 Å². The Morgan fingerprint density at radius 1 is 0.577 bits per heavy atom. The van der Waals surface area contributed by atoms with Crippen molar-refractivity contribution in [1.82, 2.24) is 19.8 Å². The minimum atomic E-state index is -0.855. The molecule has 3 aromatic carbocycles. The van der Waals surface area contributed by atoms with Gasteiger partial charge in [0.15, 0.2) is 0 Å². The summed E-state index contributed by atoms with van der Waals surface area (Å²) in [6.07, 6.45) is 13.1. The minimum absolute atomic E-state index is 0. The van der Waals surface area contributed by atoms with E-state index in [9.17, 15) is 24.6 Å². The maximum absolute atomic E-state index is 13.6. The molecule has 408 valence electrons. The van der Waals surface area contributed by atoms with E-state index >= 15 is 0 Å². The zero-order valence-corrected chi connectivity index (χ0v) is 61.1. The number of hydrogen-bond acceptors (Lipinski definition) is 8. The minimum Gasteiger partial charge on any atom is -0.456 e. The number of amides is 2. The molecule has 6 unspecified atom stereocenters. The molecule has 11 rings (SSSR count). The summed E-state index contributed by atoms with van der Waals surface area (Å²) in [7, 11) is 0. The largest absolute Gasteiger partial charge is 0.456 e. The number of nitrogens with zero attached hydrogens (tertiary/aromatic N) is 4. The molecule has 2 saturated carbocycles. The molecule has 78 heavy (non-hydrogen) atoms. The van der Waals surface area contributed by atoms with Gasteiger partial charge in [-0.15, -0.1) is 0 Å². The van der Waals surface area contributed by atoms with E-state index in [0.29, 0.717) is 62.1 Å². The molecule has 0 spiro atoms. The van der Waals surface area contributed by atoms with Crippen LogP contribution in [-0.4, -0.2) is 92.3 Å². The molecular formula is C60H64Ac2Br4Cl2N4O6. The molecule has 2 radical (unpaired) electrons. The van der Waals surface area contributed by atoms with Crippen LogP contribution in [0.3, 0.4) is 0 Å². The second-order valence-corrected chi connectivity index (χ2v) is 26.5. The quantitative estimate of drug-likeness (QED) is 0.161. The molecule has 6 aliphatic rings. The number of fused-ring (bicyclic) bond motifs is 4. The number of carbonyl (C=O) groups excluding carboxylic acids is 3. The van der Waals surface area contributed by atoms with E-state index < -0.39 is 18.2 Å². The molecule has 10 nitrogen and oxygen atoms in total. The fraction of sp³-hybridized carbons (Fsp3) is 0.483. The zero-order chi connectivity index (χ0) is 53.4.